The number of aromatic nitrogens is 2. The van der Waals surface area contributed by atoms with Crippen LogP contribution in [0.4, 0.5) is 0 Å². The highest BCUT2D eigenvalue weighted by atomic mass is 79.9. The van der Waals surface area contributed by atoms with Gasteiger partial charge in [0.15, 0.2) is 5.78 Å². The minimum absolute atomic E-state index is 0.171. The van der Waals surface area contributed by atoms with Gasteiger partial charge in [-0.1, -0.05) is 12.1 Å². The van der Waals surface area contributed by atoms with Crippen LogP contribution in [0, 0.1) is 13.8 Å². The van der Waals surface area contributed by atoms with Crippen LogP contribution in [-0.4, -0.2) is 36.9 Å². The highest BCUT2D eigenvalue weighted by Gasteiger charge is 2.13. The minimum Gasteiger partial charge on any atom is -0.497 e. The molecule has 0 unspecified atom stereocenters. The Balaban J connectivity index is 1.88. The molecule has 3 aromatic rings. The van der Waals surface area contributed by atoms with Gasteiger partial charge < -0.3 is 14.2 Å². The van der Waals surface area contributed by atoms with Crippen molar-refractivity contribution >= 4 is 27.8 Å². The molecule has 0 saturated heterocycles. The van der Waals surface area contributed by atoms with Crippen LogP contribution in [0.2, 0.25) is 0 Å². The molecule has 1 heterocycles. The molecule has 7 heteroatoms. The smallest absolute Gasteiger partial charge is 0.189 e. The topological polar surface area (TPSA) is 62.6 Å². The summed E-state index contributed by atoms with van der Waals surface area (Å²) in [6.45, 7) is 4.53. The standard InChI is InChI=1S/C24H25BrN2O4/c1-15-24(25)16(2)27(26-15)14-18-12-17(7-10-22(18)30-4)6-9-21(28)20-13-19(29-3)8-11-23(20)31-5/h6-13H,14H2,1-5H3/b9-6+. The first-order valence-electron chi connectivity index (χ1n) is 9.68. The molecular weight excluding hydrogens is 460 g/mol. The summed E-state index contributed by atoms with van der Waals surface area (Å²) in [6.07, 6.45) is 3.31. The fourth-order valence-corrected chi connectivity index (χ4v) is 3.57. The van der Waals surface area contributed by atoms with Gasteiger partial charge in [0.2, 0.25) is 0 Å². The van der Waals surface area contributed by atoms with Crippen molar-refractivity contribution in [3.05, 3.63) is 75.0 Å². The van der Waals surface area contributed by atoms with Crippen LogP contribution in [0.1, 0.15) is 32.9 Å². The van der Waals surface area contributed by atoms with Crippen molar-refractivity contribution in [1.82, 2.24) is 9.78 Å². The van der Waals surface area contributed by atoms with Crippen LogP contribution < -0.4 is 14.2 Å². The Morgan fingerprint density at radius 3 is 2.35 bits per heavy atom. The molecule has 162 valence electrons. The van der Waals surface area contributed by atoms with Crippen molar-refractivity contribution in [2.45, 2.75) is 20.4 Å². The largest absolute Gasteiger partial charge is 0.497 e. The van der Waals surface area contributed by atoms with Gasteiger partial charge in [-0.05, 0) is 71.7 Å². The number of halogens is 1. The lowest BCUT2D eigenvalue weighted by molar-refractivity contribution is 0.104. The van der Waals surface area contributed by atoms with Gasteiger partial charge in [0, 0.05) is 5.56 Å². The Morgan fingerprint density at radius 2 is 1.74 bits per heavy atom. The Labute approximate surface area is 190 Å². The van der Waals surface area contributed by atoms with Crippen molar-refractivity contribution in [3.63, 3.8) is 0 Å². The number of methoxy groups -OCH3 is 3. The van der Waals surface area contributed by atoms with Crippen LogP contribution >= 0.6 is 15.9 Å². The number of nitrogens with zero attached hydrogens (tertiary/aromatic N) is 2. The number of hydrogen-bond donors (Lipinski definition) is 0. The number of rotatable bonds is 8. The van der Waals surface area contributed by atoms with E-state index in [-0.39, 0.29) is 5.78 Å². The van der Waals surface area contributed by atoms with Gasteiger partial charge in [-0.3, -0.25) is 9.48 Å². The Hall–Kier alpha value is -3.06. The fourth-order valence-electron chi connectivity index (χ4n) is 3.28. The molecule has 6 nitrogen and oxygen atoms in total. The normalized spacial score (nSPS) is 11.0. The first kappa shape index (κ1) is 22.6. The predicted molar refractivity (Wildman–Crippen MR) is 124 cm³/mol. The van der Waals surface area contributed by atoms with E-state index in [0.29, 0.717) is 23.6 Å². The molecule has 0 saturated carbocycles. The van der Waals surface area contributed by atoms with E-state index < -0.39 is 0 Å². The first-order valence-corrected chi connectivity index (χ1v) is 10.5. The summed E-state index contributed by atoms with van der Waals surface area (Å²) in [7, 11) is 4.74. The fraction of sp³-hybridized carbons (Fsp3) is 0.250. The van der Waals surface area contributed by atoms with Crippen LogP contribution in [0.3, 0.4) is 0 Å². The second-order valence-corrected chi connectivity index (χ2v) is 7.77. The molecule has 0 fully saturated rings. The van der Waals surface area contributed by atoms with E-state index in [2.05, 4.69) is 21.0 Å². The number of hydrogen-bond acceptors (Lipinski definition) is 5. The second kappa shape index (κ2) is 9.83. The third-order valence-electron chi connectivity index (χ3n) is 5.02. The maximum Gasteiger partial charge on any atom is 0.189 e. The zero-order chi connectivity index (χ0) is 22.5. The van der Waals surface area contributed by atoms with Gasteiger partial charge in [-0.2, -0.15) is 5.10 Å². The van der Waals surface area contributed by atoms with Crippen LogP contribution in [-0.2, 0) is 6.54 Å². The predicted octanol–water partition coefficient (Wildman–Crippen LogP) is 5.23. The van der Waals surface area contributed by atoms with Gasteiger partial charge >= 0.3 is 0 Å². The number of carbonyl (C=O) groups excluding carboxylic acids is 1. The van der Waals surface area contributed by atoms with E-state index in [9.17, 15) is 4.79 Å². The van der Waals surface area contributed by atoms with E-state index in [4.69, 9.17) is 14.2 Å². The summed E-state index contributed by atoms with van der Waals surface area (Å²) in [5, 5.41) is 4.58. The first-order chi connectivity index (χ1) is 14.9. The van der Waals surface area contributed by atoms with Gasteiger partial charge in [0.1, 0.15) is 17.2 Å². The third-order valence-corrected chi connectivity index (χ3v) is 6.16. The van der Waals surface area contributed by atoms with Crippen molar-refractivity contribution < 1.29 is 19.0 Å². The van der Waals surface area contributed by atoms with Gasteiger partial charge in [0.05, 0.1) is 49.3 Å². The Morgan fingerprint density at radius 1 is 1.03 bits per heavy atom. The van der Waals surface area contributed by atoms with Crippen LogP contribution in [0.25, 0.3) is 6.08 Å². The number of ketones is 1. The van der Waals surface area contributed by atoms with E-state index in [0.717, 1.165) is 32.7 Å². The lowest BCUT2D eigenvalue weighted by Crippen LogP contribution is -2.06. The molecule has 3 rings (SSSR count). The number of benzene rings is 2. The van der Waals surface area contributed by atoms with Crippen molar-refractivity contribution in [2.24, 2.45) is 0 Å². The van der Waals surface area contributed by atoms with Gasteiger partial charge in [-0.25, -0.2) is 0 Å². The number of ether oxygens (including phenoxy) is 3. The molecule has 0 aliphatic heterocycles. The average molecular weight is 485 g/mol. The zero-order valence-electron chi connectivity index (χ0n) is 18.2. The molecule has 0 amide bonds. The van der Waals surface area contributed by atoms with Crippen LogP contribution in [0.15, 0.2) is 46.9 Å². The van der Waals surface area contributed by atoms with Crippen molar-refractivity contribution in [3.8, 4) is 17.2 Å². The van der Waals surface area contributed by atoms with E-state index in [1.807, 2.05) is 36.7 Å². The van der Waals surface area contributed by atoms with Crippen molar-refractivity contribution in [2.75, 3.05) is 21.3 Å². The zero-order valence-corrected chi connectivity index (χ0v) is 19.8. The van der Waals surface area contributed by atoms with Crippen LogP contribution in [0.5, 0.6) is 17.2 Å². The summed E-state index contributed by atoms with van der Waals surface area (Å²) >= 11 is 3.57. The molecular formula is C24H25BrN2O4. The monoisotopic (exact) mass is 484 g/mol. The molecule has 0 N–H and O–H groups in total. The Kier molecular flexibility index (Phi) is 7.17. The molecule has 0 radical (unpaired) electrons. The lowest BCUT2D eigenvalue weighted by atomic mass is 10.1. The quantitative estimate of drug-likeness (QED) is 0.323. The number of aryl methyl sites for hydroxylation is 1. The minimum atomic E-state index is -0.171. The highest BCUT2D eigenvalue weighted by molar-refractivity contribution is 9.10. The molecule has 0 aliphatic carbocycles. The molecule has 1 aromatic heterocycles. The van der Waals surface area contributed by atoms with E-state index in [1.165, 1.54) is 13.2 Å². The summed E-state index contributed by atoms with van der Waals surface area (Å²) < 4.78 is 19.0. The van der Waals surface area contributed by atoms with E-state index in [1.54, 1.807) is 38.5 Å². The molecule has 0 spiro atoms. The van der Waals surface area contributed by atoms with Crippen molar-refractivity contribution in [1.29, 1.82) is 0 Å². The third kappa shape index (κ3) is 4.99. The second-order valence-electron chi connectivity index (χ2n) is 6.98. The number of carbonyl (C=O) groups is 1. The highest BCUT2D eigenvalue weighted by Crippen LogP contribution is 2.27. The Bertz CT molecular complexity index is 1130. The molecule has 2 aromatic carbocycles. The summed E-state index contributed by atoms with van der Waals surface area (Å²) in [6, 6.07) is 10.9. The number of allylic oxidation sites excluding steroid dienone is 1. The SMILES string of the molecule is COc1ccc(OC)c(C(=O)/C=C/c2ccc(OC)c(Cn3nc(C)c(Br)c3C)c2)c1. The molecule has 0 aliphatic rings. The average Bonchev–Trinajstić information content (AvgIpc) is 3.03. The summed E-state index contributed by atoms with van der Waals surface area (Å²) in [4.78, 5) is 12.8. The molecule has 0 bridgehead atoms. The maximum absolute atomic E-state index is 12.8. The van der Waals surface area contributed by atoms with Gasteiger partial charge in [0.25, 0.3) is 0 Å². The molecule has 31 heavy (non-hydrogen) atoms. The summed E-state index contributed by atoms with van der Waals surface area (Å²) in [5.41, 5.74) is 4.27. The molecule has 0 atom stereocenters. The maximum atomic E-state index is 12.8. The lowest BCUT2D eigenvalue weighted by Gasteiger charge is -2.11. The summed E-state index contributed by atoms with van der Waals surface area (Å²) in [5.74, 6) is 1.69. The van der Waals surface area contributed by atoms with E-state index >= 15 is 0 Å². The van der Waals surface area contributed by atoms with Gasteiger partial charge in [-0.15, -0.1) is 0 Å².